The normalized spacial score (nSPS) is 15.8. The van der Waals surface area contributed by atoms with Crippen molar-refractivity contribution in [2.24, 2.45) is 9.98 Å². The number of hydrogen-bond donors (Lipinski definition) is 2. The summed E-state index contributed by atoms with van der Waals surface area (Å²) < 4.78 is 82.1. The fraction of sp³-hybridized carbons (Fsp3) is 0.133. The van der Waals surface area contributed by atoms with Crippen LogP contribution >= 0.6 is 0 Å². The zero-order valence-electron chi connectivity index (χ0n) is 26.1. The highest BCUT2D eigenvalue weighted by Gasteiger charge is 2.21. The van der Waals surface area contributed by atoms with E-state index in [1.807, 2.05) is 52.0 Å². The van der Waals surface area contributed by atoms with E-state index in [0.717, 1.165) is 39.3 Å². The molecule has 2 N–H and O–H groups in total. The summed E-state index contributed by atoms with van der Waals surface area (Å²) in [5, 5.41) is 6.73. The van der Waals surface area contributed by atoms with Gasteiger partial charge in [0, 0.05) is 34.6 Å². The molecule has 0 saturated carbocycles. The molecular weight excluding hydrogens is 646 g/mol. The molecule has 1 aliphatic rings. The number of anilines is 2. The molecule has 0 aromatic carbocycles. The van der Waals surface area contributed by atoms with Gasteiger partial charge in [-0.1, -0.05) is 0 Å². The molecule has 0 radical (unpaired) electrons. The van der Waals surface area contributed by atoms with Crippen LogP contribution in [0.5, 0.6) is 0 Å². The summed E-state index contributed by atoms with van der Waals surface area (Å²) in [7, 11) is -12.0. The fourth-order valence-corrected chi connectivity index (χ4v) is 4.26. The molecular formula is C30H30B2F8N8. The predicted molar refractivity (Wildman–Crippen MR) is 173 cm³/mol. The maximum absolute atomic E-state index is 9.75. The molecule has 48 heavy (non-hydrogen) atoms. The Balaban J connectivity index is 0.000000548. The van der Waals surface area contributed by atoms with Gasteiger partial charge in [0.2, 0.25) is 11.4 Å². The predicted octanol–water partition coefficient (Wildman–Crippen LogP) is 7.82. The quantitative estimate of drug-likeness (QED) is 0.129. The van der Waals surface area contributed by atoms with Gasteiger partial charge in [-0.05, 0) is 64.1 Å². The highest BCUT2D eigenvalue weighted by atomic mass is 19.5. The van der Waals surface area contributed by atoms with Crippen molar-refractivity contribution in [2.75, 3.05) is 10.6 Å². The number of aryl methyl sites for hydroxylation is 4. The molecule has 0 spiro atoms. The van der Waals surface area contributed by atoms with Crippen molar-refractivity contribution in [3.63, 3.8) is 0 Å². The molecule has 4 aromatic rings. The Morgan fingerprint density at radius 3 is 1.54 bits per heavy atom. The summed E-state index contributed by atoms with van der Waals surface area (Å²) in [5.41, 5.74) is 7.72. The lowest BCUT2D eigenvalue weighted by Crippen LogP contribution is -2.34. The van der Waals surface area contributed by atoms with Gasteiger partial charge in [0.05, 0.1) is 18.1 Å². The van der Waals surface area contributed by atoms with Gasteiger partial charge in [-0.3, -0.25) is 0 Å². The first-order chi connectivity index (χ1) is 22.4. The molecule has 0 unspecified atom stereocenters. The van der Waals surface area contributed by atoms with Gasteiger partial charge in [-0.2, -0.15) is 9.13 Å². The van der Waals surface area contributed by atoms with Crippen LogP contribution in [-0.2, 0) is 0 Å². The number of hydrogen-bond acceptors (Lipinski definition) is 6. The molecule has 18 heteroatoms. The van der Waals surface area contributed by atoms with Gasteiger partial charge in [0.1, 0.15) is 18.1 Å². The third-order valence-electron chi connectivity index (χ3n) is 5.84. The van der Waals surface area contributed by atoms with Gasteiger partial charge in [0.25, 0.3) is 0 Å². The number of aliphatic imine (C=N–C) groups is 2. The lowest BCUT2D eigenvalue weighted by molar-refractivity contribution is -0.576. The number of fused-ring (bicyclic) bond motifs is 2. The van der Waals surface area contributed by atoms with Gasteiger partial charge < -0.3 is 45.2 Å². The van der Waals surface area contributed by atoms with Crippen molar-refractivity contribution in [1.29, 1.82) is 0 Å². The third kappa shape index (κ3) is 13.5. The number of halogens is 8. The first-order valence-corrected chi connectivity index (χ1v) is 14.1. The summed E-state index contributed by atoms with van der Waals surface area (Å²) >= 11 is 0. The van der Waals surface area contributed by atoms with Crippen LogP contribution in [0.25, 0.3) is 11.4 Å². The molecule has 0 aliphatic carbocycles. The van der Waals surface area contributed by atoms with Gasteiger partial charge in [-0.25, -0.2) is 20.0 Å². The van der Waals surface area contributed by atoms with Crippen LogP contribution in [0.4, 0.5) is 57.5 Å². The van der Waals surface area contributed by atoms with Crippen LogP contribution in [-0.4, -0.2) is 36.9 Å². The van der Waals surface area contributed by atoms with Crippen LogP contribution in [0.3, 0.4) is 0 Å². The van der Waals surface area contributed by atoms with Crippen molar-refractivity contribution in [2.45, 2.75) is 27.7 Å². The number of aromatic nitrogens is 4. The Kier molecular flexibility index (Phi) is 12.7. The minimum Gasteiger partial charge on any atom is -0.418 e. The average Bonchev–Trinajstić information content (AvgIpc) is 2.95. The Labute approximate surface area is 271 Å². The van der Waals surface area contributed by atoms with Crippen molar-refractivity contribution in [3.05, 3.63) is 108 Å². The Bertz CT molecular complexity index is 1660. The van der Waals surface area contributed by atoms with E-state index in [2.05, 4.69) is 85.2 Å². The lowest BCUT2D eigenvalue weighted by Gasteiger charge is -2.07. The van der Waals surface area contributed by atoms with E-state index in [9.17, 15) is 34.5 Å². The van der Waals surface area contributed by atoms with Gasteiger partial charge in [-0.15, -0.1) is 0 Å². The molecule has 1 aliphatic heterocycles. The summed E-state index contributed by atoms with van der Waals surface area (Å²) in [6, 6.07) is 11.9. The zero-order chi connectivity index (χ0) is 35.5. The molecule has 4 aromatic heterocycles. The molecule has 5 heterocycles. The van der Waals surface area contributed by atoms with E-state index in [1.165, 1.54) is 0 Å². The monoisotopic (exact) mass is 676 g/mol. The number of nitrogens with one attached hydrogen (secondary N) is 2. The molecule has 8 nitrogen and oxygen atoms in total. The first-order valence-electron chi connectivity index (χ1n) is 14.1. The topological polar surface area (TPSA) is 82.3 Å². The van der Waals surface area contributed by atoms with E-state index in [1.54, 1.807) is 18.6 Å². The fourth-order valence-electron chi connectivity index (χ4n) is 4.26. The van der Waals surface area contributed by atoms with Crippen LogP contribution in [0.2, 0.25) is 0 Å². The van der Waals surface area contributed by atoms with E-state index in [0.29, 0.717) is 17.3 Å². The number of pyridine rings is 4. The van der Waals surface area contributed by atoms with E-state index in [4.69, 9.17) is 9.98 Å². The van der Waals surface area contributed by atoms with Crippen molar-refractivity contribution in [3.8, 4) is 0 Å². The summed E-state index contributed by atoms with van der Waals surface area (Å²) in [6.45, 7) is 8.29. The molecule has 5 rings (SSSR count). The van der Waals surface area contributed by atoms with E-state index in [-0.39, 0.29) is 0 Å². The summed E-state index contributed by atoms with van der Waals surface area (Å²) in [5.74, 6) is 1.20. The van der Waals surface area contributed by atoms with Crippen molar-refractivity contribution >= 4 is 61.3 Å². The highest BCUT2D eigenvalue weighted by Crippen LogP contribution is 2.24. The van der Waals surface area contributed by atoms with Gasteiger partial charge in [0.15, 0.2) is 36.4 Å². The molecule has 252 valence electrons. The highest BCUT2D eigenvalue weighted by molar-refractivity contribution is 6.50. The molecule has 0 atom stereocenters. The zero-order valence-corrected chi connectivity index (χ0v) is 26.1. The summed E-state index contributed by atoms with van der Waals surface area (Å²) in [6.07, 6.45) is 19.1. The third-order valence-corrected chi connectivity index (χ3v) is 5.84. The molecule has 0 bridgehead atoms. The van der Waals surface area contributed by atoms with E-state index < -0.39 is 14.5 Å². The number of rotatable bonds is 2. The maximum atomic E-state index is 9.75. The Morgan fingerprint density at radius 1 is 0.583 bits per heavy atom. The maximum Gasteiger partial charge on any atom is 0.673 e. The first kappa shape index (κ1) is 37.1. The van der Waals surface area contributed by atoms with Crippen molar-refractivity contribution < 1.29 is 43.7 Å². The minimum absolute atomic E-state index is 0.567. The van der Waals surface area contributed by atoms with Crippen LogP contribution in [0.1, 0.15) is 22.3 Å². The van der Waals surface area contributed by atoms with Crippen LogP contribution < -0.4 is 19.8 Å². The van der Waals surface area contributed by atoms with Gasteiger partial charge >= 0.3 is 14.5 Å². The largest absolute Gasteiger partial charge is 0.673 e. The number of allylic oxidation sites excluding steroid dienone is 2. The standard InChI is InChI=1S/C30H30N8.2BF4/c1-21-11-22(2)18-37(17-21)25-13-33-27-7-5-9-31-29(27)35-15-26(38-19-23(3)12-24(4)20-38)16-36-30-28(34-14-25)8-6-10-32-30;2*2-1(3,4)5/h5-20,33H,1-4H3,(H,32,36);;/q+2;2*-1/b25-13+,26-16+,34-14?,35-15+;;. The second-order valence-corrected chi connectivity index (χ2v) is 10.3. The average molecular weight is 676 g/mol. The minimum atomic E-state index is -6.00. The molecule has 0 saturated heterocycles. The van der Waals surface area contributed by atoms with Crippen molar-refractivity contribution in [1.82, 2.24) is 9.97 Å². The van der Waals surface area contributed by atoms with Crippen LogP contribution in [0, 0.1) is 27.7 Å². The molecule has 0 fully saturated rings. The van der Waals surface area contributed by atoms with Crippen LogP contribution in [0.15, 0.2) is 96.0 Å². The number of nitrogens with zero attached hydrogens (tertiary/aromatic N) is 6. The Morgan fingerprint density at radius 2 is 1.02 bits per heavy atom. The molecule has 0 amide bonds. The lowest BCUT2D eigenvalue weighted by atomic mass is 10.2. The smallest absolute Gasteiger partial charge is 0.418 e. The summed E-state index contributed by atoms with van der Waals surface area (Å²) in [4.78, 5) is 18.6. The second-order valence-electron chi connectivity index (χ2n) is 10.3. The second kappa shape index (κ2) is 16.4. The SMILES string of the molecule is Cc1cc(C)c[n+](/C2=C/Nc3cccnc3/N=C/C([n+]3cc(C)cc(C)c3)=C\Nc3ncccc3N=C2)c1.F[B-](F)(F)F.F[B-](F)(F)F. The Hall–Kier alpha value is -5.41. The van der Waals surface area contributed by atoms with E-state index >= 15 is 0 Å².